The van der Waals surface area contributed by atoms with E-state index in [0.29, 0.717) is 6.54 Å². The molecular weight excluding hydrogens is 372 g/mol. The van der Waals surface area contributed by atoms with E-state index in [1.165, 1.54) is 30.4 Å². The van der Waals surface area contributed by atoms with Gasteiger partial charge in [-0.2, -0.15) is 0 Å². The summed E-state index contributed by atoms with van der Waals surface area (Å²) in [5.41, 5.74) is 5.73. The predicted octanol–water partition coefficient (Wildman–Crippen LogP) is 4.03. The molecule has 3 aliphatic rings. The number of benzene rings is 1. The van der Waals surface area contributed by atoms with Crippen LogP contribution in [0.1, 0.15) is 48.1 Å². The van der Waals surface area contributed by atoms with Crippen molar-refractivity contribution in [2.75, 3.05) is 36.4 Å². The van der Waals surface area contributed by atoms with Crippen LogP contribution in [0.3, 0.4) is 0 Å². The number of carbonyl (C=O) groups excluding carboxylic acids is 1. The van der Waals surface area contributed by atoms with Crippen LogP contribution < -0.4 is 10.2 Å². The second kappa shape index (κ2) is 8.60. The van der Waals surface area contributed by atoms with Crippen LogP contribution in [0.15, 0.2) is 36.4 Å². The molecule has 5 rings (SSSR count). The molecule has 2 aliphatic heterocycles. The molecule has 0 spiro atoms. The highest BCUT2D eigenvalue weighted by molar-refractivity contribution is 5.97. The number of fused-ring (bicyclic) bond motifs is 2. The zero-order valence-electron chi connectivity index (χ0n) is 17.6. The van der Waals surface area contributed by atoms with Crippen molar-refractivity contribution in [1.82, 2.24) is 9.88 Å². The zero-order valence-corrected chi connectivity index (χ0v) is 17.6. The summed E-state index contributed by atoms with van der Waals surface area (Å²) in [6.45, 7) is 4.36. The fraction of sp³-hybridized carbons (Fsp3) is 0.440. The van der Waals surface area contributed by atoms with Crippen LogP contribution in [0.4, 0.5) is 11.5 Å². The number of anilines is 2. The molecule has 0 unspecified atom stereocenters. The number of hydrogen-bond acceptors (Lipinski definition) is 4. The summed E-state index contributed by atoms with van der Waals surface area (Å²) in [6, 6.07) is 10.6. The Labute approximate surface area is 178 Å². The summed E-state index contributed by atoms with van der Waals surface area (Å²) < 4.78 is 0. The number of aromatic nitrogens is 1. The average Bonchev–Trinajstić information content (AvgIpc) is 3.17. The topological polar surface area (TPSA) is 48.5 Å². The third kappa shape index (κ3) is 3.99. The number of rotatable bonds is 5. The molecule has 1 aromatic carbocycles. The molecule has 156 valence electrons. The maximum Gasteiger partial charge on any atom is 0.238 e. The number of aryl methyl sites for hydroxylation is 1. The van der Waals surface area contributed by atoms with Crippen LogP contribution in [-0.2, 0) is 24.2 Å². The maximum atomic E-state index is 12.9. The van der Waals surface area contributed by atoms with E-state index in [1.54, 1.807) is 0 Å². The first-order valence-corrected chi connectivity index (χ1v) is 11.3. The minimum Gasteiger partial charge on any atom is -0.352 e. The first kappa shape index (κ1) is 19.3. The van der Waals surface area contributed by atoms with Gasteiger partial charge in [0.05, 0.1) is 17.9 Å². The summed E-state index contributed by atoms with van der Waals surface area (Å²) in [5, 5.41) is 3.30. The van der Waals surface area contributed by atoms with E-state index in [-0.39, 0.29) is 5.91 Å². The highest BCUT2D eigenvalue weighted by Gasteiger charge is 2.29. The Morgan fingerprint density at radius 1 is 1.03 bits per heavy atom. The summed E-state index contributed by atoms with van der Waals surface area (Å²) in [6.07, 6.45) is 10.9. The number of nitrogens with zero attached hydrogens (tertiary/aromatic N) is 3. The SMILES string of the molecule is O=C(CN1CCCCC1)Nc1c2c(nc3c1CCN3Cc1ccccc1)CCC=C2. The quantitative estimate of drug-likeness (QED) is 0.820. The van der Waals surface area contributed by atoms with Crippen LogP contribution in [0.2, 0.25) is 0 Å². The van der Waals surface area contributed by atoms with Gasteiger partial charge >= 0.3 is 0 Å². The molecule has 1 amide bonds. The van der Waals surface area contributed by atoms with E-state index in [9.17, 15) is 4.79 Å². The molecular formula is C25H30N4O. The number of hydrogen-bond donors (Lipinski definition) is 1. The maximum absolute atomic E-state index is 12.9. The Morgan fingerprint density at radius 2 is 1.87 bits per heavy atom. The fourth-order valence-electron chi connectivity index (χ4n) is 4.92. The van der Waals surface area contributed by atoms with Gasteiger partial charge < -0.3 is 10.2 Å². The third-order valence-corrected chi connectivity index (χ3v) is 6.45. The molecule has 1 saturated heterocycles. The van der Waals surface area contributed by atoms with Crippen molar-refractivity contribution >= 4 is 23.5 Å². The number of carbonyl (C=O) groups is 1. The molecule has 0 atom stereocenters. The molecule has 5 heteroatoms. The lowest BCUT2D eigenvalue weighted by molar-refractivity contribution is -0.117. The van der Waals surface area contributed by atoms with Crippen molar-refractivity contribution in [3.05, 3.63) is 58.8 Å². The second-order valence-corrected chi connectivity index (χ2v) is 8.63. The second-order valence-electron chi connectivity index (χ2n) is 8.63. The Morgan fingerprint density at radius 3 is 2.70 bits per heavy atom. The molecule has 0 radical (unpaired) electrons. The molecule has 0 saturated carbocycles. The largest absolute Gasteiger partial charge is 0.352 e. The van der Waals surface area contributed by atoms with Crippen LogP contribution >= 0.6 is 0 Å². The van der Waals surface area contributed by atoms with Gasteiger partial charge in [0.2, 0.25) is 5.91 Å². The highest BCUT2D eigenvalue weighted by atomic mass is 16.2. The number of likely N-dealkylation sites (tertiary alicyclic amines) is 1. The van der Waals surface area contributed by atoms with Gasteiger partial charge in [-0.05, 0) is 50.8 Å². The number of nitrogens with one attached hydrogen (secondary N) is 1. The van der Waals surface area contributed by atoms with Crippen molar-refractivity contribution in [2.24, 2.45) is 0 Å². The summed E-state index contributed by atoms with van der Waals surface area (Å²) in [4.78, 5) is 22.6. The lowest BCUT2D eigenvalue weighted by atomic mass is 9.97. The van der Waals surface area contributed by atoms with Crippen molar-refractivity contribution in [1.29, 1.82) is 0 Å². The Bertz CT molecular complexity index is 947. The van der Waals surface area contributed by atoms with Crippen molar-refractivity contribution < 1.29 is 4.79 Å². The van der Waals surface area contributed by atoms with E-state index in [4.69, 9.17) is 4.98 Å². The van der Waals surface area contributed by atoms with E-state index in [0.717, 1.165) is 68.2 Å². The molecule has 1 aromatic heterocycles. The van der Waals surface area contributed by atoms with Gasteiger partial charge in [0.15, 0.2) is 0 Å². The summed E-state index contributed by atoms with van der Waals surface area (Å²) >= 11 is 0. The standard InChI is InChI=1S/C25H30N4O/c30-23(18-28-14-7-2-8-15-28)27-24-20-11-5-6-12-22(20)26-25-21(24)13-16-29(25)17-19-9-3-1-4-10-19/h1,3-5,9-11H,2,6-8,12-18H2,(H,26,27,30). The summed E-state index contributed by atoms with van der Waals surface area (Å²) in [5.74, 6) is 1.16. The van der Waals surface area contributed by atoms with E-state index >= 15 is 0 Å². The Kier molecular flexibility index (Phi) is 5.54. The van der Waals surface area contributed by atoms with Crippen LogP contribution in [0.5, 0.6) is 0 Å². The van der Waals surface area contributed by atoms with E-state index < -0.39 is 0 Å². The van der Waals surface area contributed by atoms with Crippen molar-refractivity contribution in [3.63, 3.8) is 0 Å². The van der Waals surface area contributed by atoms with Gasteiger partial charge in [-0.1, -0.05) is 48.9 Å². The third-order valence-electron chi connectivity index (χ3n) is 6.45. The van der Waals surface area contributed by atoms with Gasteiger partial charge in [-0.3, -0.25) is 9.69 Å². The van der Waals surface area contributed by atoms with Gasteiger partial charge in [-0.25, -0.2) is 4.98 Å². The monoisotopic (exact) mass is 402 g/mol. The first-order chi connectivity index (χ1) is 14.8. The number of piperidine rings is 1. The predicted molar refractivity (Wildman–Crippen MR) is 122 cm³/mol. The first-order valence-electron chi connectivity index (χ1n) is 11.3. The smallest absolute Gasteiger partial charge is 0.238 e. The Hall–Kier alpha value is -2.66. The lowest BCUT2D eigenvalue weighted by Gasteiger charge is -2.26. The Balaban J connectivity index is 1.42. The molecule has 1 aliphatic carbocycles. The number of allylic oxidation sites excluding steroid dienone is 1. The molecule has 5 nitrogen and oxygen atoms in total. The van der Waals surface area contributed by atoms with Crippen molar-refractivity contribution in [3.8, 4) is 0 Å². The minimum atomic E-state index is 0.105. The fourth-order valence-corrected chi connectivity index (χ4v) is 4.92. The van der Waals surface area contributed by atoms with Crippen molar-refractivity contribution in [2.45, 2.75) is 45.1 Å². The van der Waals surface area contributed by atoms with E-state index in [1.807, 2.05) is 0 Å². The van der Waals surface area contributed by atoms with E-state index in [2.05, 4.69) is 57.6 Å². The minimum absolute atomic E-state index is 0.105. The van der Waals surface area contributed by atoms with Crippen LogP contribution in [0, 0.1) is 0 Å². The summed E-state index contributed by atoms with van der Waals surface area (Å²) in [7, 11) is 0. The normalized spacial score (nSPS) is 18.2. The molecule has 1 fully saturated rings. The highest BCUT2D eigenvalue weighted by Crippen LogP contribution is 2.39. The van der Waals surface area contributed by atoms with Crippen LogP contribution in [-0.4, -0.2) is 42.0 Å². The zero-order chi connectivity index (χ0) is 20.3. The molecule has 30 heavy (non-hydrogen) atoms. The molecule has 1 N–H and O–H groups in total. The molecule has 0 bridgehead atoms. The van der Waals surface area contributed by atoms with Gasteiger partial charge in [0.1, 0.15) is 5.82 Å². The van der Waals surface area contributed by atoms with Gasteiger partial charge in [0, 0.05) is 24.2 Å². The number of pyridine rings is 1. The van der Waals surface area contributed by atoms with Gasteiger partial charge in [-0.15, -0.1) is 0 Å². The molecule has 2 aromatic rings. The average molecular weight is 403 g/mol. The van der Waals surface area contributed by atoms with Gasteiger partial charge in [0.25, 0.3) is 0 Å². The number of amides is 1. The lowest BCUT2D eigenvalue weighted by Crippen LogP contribution is -2.37. The molecule has 3 heterocycles. The van der Waals surface area contributed by atoms with Crippen LogP contribution in [0.25, 0.3) is 6.08 Å².